The molecule has 2 heterocycles. The van der Waals surface area contributed by atoms with E-state index < -0.39 is 0 Å². The minimum absolute atomic E-state index is 0.117. The first-order valence-corrected chi connectivity index (χ1v) is 3.76. The summed E-state index contributed by atoms with van der Waals surface area (Å²) >= 11 is 0. The van der Waals surface area contributed by atoms with Crippen molar-refractivity contribution in [3.05, 3.63) is 18.7 Å². The molecule has 0 aliphatic heterocycles. The summed E-state index contributed by atoms with van der Waals surface area (Å²) < 4.78 is 1.46. The number of hydrogen-bond donors (Lipinski definition) is 3. The molecule has 0 saturated heterocycles. The van der Waals surface area contributed by atoms with Crippen molar-refractivity contribution in [1.82, 2.24) is 24.7 Å². The molecule has 0 aromatic carbocycles. The lowest BCUT2D eigenvalue weighted by Gasteiger charge is -2.03. The highest BCUT2D eigenvalue weighted by atomic mass is 15.4. The van der Waals surface area contributed by atoms with Gasteiger partial charge in [-0.15, -0.1) is 0 Å². The van der Waals surface area contributed by atoms with Gasteiger partial charge >= 0.3 is 0 Å². The quantitative estimate of drug-likeness (QED) is 0.409. The van der Waals surface area contributed by atoms with Gasteiger partial charge in [0.1, 0.15) is 18.5 Å². The zero-order chi connectivity index (χ0) is 9.97. The van der Waals surface area contributed by atoms with Gasteiger partial charge in [0.15, 0.2) is 5.82 Å². The molecule has 0 saturated carbocycles. The minimum Gasteiger partial charge on any atom is -0.368 e. The maximum absolute atomic E-state index is 5.46. The molecule has 8 nitrogen and oxygen atoms in total. The average Bonchev–Trinajstić information content (AvgIpc) is 2.69. The van der Waals surface area contributed by atoms with Crippen molar-refractivity contribution in [2.45, 2.75) is 0 Å². The van der Waals surface area contributed by atoms with Gasteiger partial charge < -0.3 is 11.2 Å². The topological polar surface area (TPSA) is 121 Å². The highest BCUT2D eigenvalue weighted by Gasteiger charge is 2.03. The van der Waals surface area contributed by atoms with Crippen LogP contribution in [-0.2, 0) is 0 Å². The van der Waals surface area contributed by atoms with Crippen LogP contribution in [0.5, 0.6) is 0 Å². The zero-order valence-corrected chi connectivity index (χ0v) is 7.12. The van der Waals surface area contributed by atoms with Gasteiger partial charge in [0, 0.05) is 6.07 Å². The van der Waals surface area contributed by atoms with Crippen molar-refractivity contribution >= 4 is 11.8 Å². The average molecular weight is 192 g/mol. The van der Waals surface area contributed by atoms with Crippen LogP contribution in [0.15, 0.2) is 18.7 Å². The van der Waals surface area contributed by atoms with Crippen LogP contribution in [-0.4, -0.2) is 24.7 Å². The molecule has 2 aromatic heterocycles. The number of anilines is 2. The van der Waals surface area contributed by atoms with E-state index in [1.54, 1.807) is 6.07 Å². The Morgan fingerprint density at radius 1 is 1.36 bits per heavy atom. The summed E-state index contributed by atoms with van der Waals surface area (Å²) in [7, 11) is 0. The van der Waals surface area contributed by atoms with E-state index in [1.165, 1.54) is 17.3 Å². The highest BCUT2D eigenvalue weighted by Crippen LogP contribution is 2.09. The maximum atomic E-state index is 5.46. The highest BCUT2D eigenvalue weighted by molar-refractivity contribution is 5.44. The van der Waals surface area contributed by atoms with E-state index in [9.17, 15) is 0 Å². The first-order valence-electron chi connectivity index (χ1n) is 3.76. The third-order valence-electron chi connectivity index (χ3n) is 1.53. The van der Waals surface area contributed by atoms with Crippen molar-refractivity contribution < 1.29 is 0 Å². The number of nitrogen functional groups attached to an aromatic ring is 2. The fraction of sp³-hybridized carbons (Fsp3) is 0. The fourth-order valence-electron chi connectivity index (χ4n) is 0.970. The summed E-state index contributed by atoms with van der Waals surface area (Å²) in [5.74, 6) is 6.24. The smallest absolute Gasteiger partial charge is 0.224 e. The van der Waals surface area contributed by atoms with E-state index in [2.05, 4.69) is 25.5 Å². The van der Waals surface area contributed by atoms with Crippen molar-refractivity contribution in [2.75, 3.05) is 11.2 Å². The molecule has 8 heteroatoms. The molecule has 2 aromatic rings. The number of hydrazine groups is 1. The van der Waals surface area contributed by atoms with Crippen LogP contribution in [0.3, 0.4) is 0 Å². The van der Waals surface area contributed by atoms with Crippen LogP contribution in [0, 0.1) is 0 Å². The van der Waals surface area contributed by atoms with Gasteiger partial charge in [-0.2, -0.15) is 15.1 Å². The molecular weight excluding hydrogens is 184 g/mol. The monoisotopic (exact) mass is 192 g/mol. The van der Waals surface area contributed by atoms with Gasteiger partial charge in [0.25, 0.3) is 0 Å². The van der Waals surface area contributed by atoms with Crippen molar-refractivity contribution in [3.8, 4) is 5.82 Å². The van der Waals surface area contributed by atoms with E-state index in [1.807, 2.05) is 0 Å². The first kappa shape index (κ1) is 8.38. The lowest BCUT2D eigenvalue weighted by molar-refractivity contribution is 0.841. The third-order valence-corrected chi connectivity index (χ3v) is 1.53. The van der Waals surface area contributed by atoms with E-state index in [0.29, 0.717) is 11.6 Å². The van der Waals surface area contributed by atoms with Crippen molar-refractivity contribution in [3.63, 3.8) is 0 Å². The molecular formula is C6H8N8. The predicted octanol–water partition coefficient (Wildman–Crippen LogP) is -1.07. The maximum Gasteiger partial charge on any atom is 0.224 e. The van der Waals surface area contributed by atoms with Crippen LogP contribution in [0.25, 0.3) is 5.82 Å². The van der Waals surface area contributed by atoms with E-state index in [-0.39, 0.29) is 5.95 Å². The van der Waals surface area contributed by atoms with E-state index >= 15 is 0 Å². The number of nitrogens with two attached hydrogens (primary N) is 2. The molecule has 14 heavy (non-hydrogen) atoms. The molecule has 0 aliphatic carbocycles. The Morgan fingerprint density at radius 2 is 2.21 bits per heavy atom. The molecule has 5 N–H and O–H groups in total. The number of aromatic nitrogens is 5. The second-order valence-corrected chi connectivity index (χ2v) is 2.45. The van der Waals surface area contributed by atoms with Crippen LogP contribution in [0.1, 0.15) is 0 Å². The molecule has 0 aliphatic rings. The number of rotatable bonds is 2. The Kier molecular flexibility index (Phi) is 1.95. The summed E-state index contributed by atoms with van der Waals surface area (Å²) in [6.45, 7) is 0. The standard InChI is InChI=1S/C6H8N8/c7-6-11-4(13-8)1-5(12-6)14-3-9-2-10-14/h1-3H,8H2,(H3,7,11,12,13). The molecule has 0 spiro atoms. The second-order valence-electron chi connectivity index (χ2n) is 2.45. The Morgan fingerprint density at radius 3 is 2.86 bits per heavy atom. The molecule has 72 valence electrons. The Hall–Kier alpha value is -2.22. The molecule has 0 atom stereocenters. The van der Waals surface area contributed by atoms with E-state index in [4.69, 9.17) is 11.6 Å². The van der Waals surface area contributed by atoms with Gasteiger partial charge in [-0.05, 0) is 0 Å². The van der Waals surface area contributed by atoms with Crippen molar-refractivity contribution in [1.29, 1.82) is 0 Å². The molecule has 0 bridgehead atoms. The minimum atomic E-state index is 0.117. The normalized spacial score (nSPS) is 10.1. The molecule has 2 rings (SSSR count). The summed E-state index contributed by atoms with van der Waals surface area (Å²) in [5, 5.41) is 3.89. The zero-order valence-electron chi connectivity index (χ0n) is 7.12. The molecule has 0 amide bonds. The van der Waals surface area contributed by atoms with Crippen LogP contribution < -0.4 is 17.0 Å². The van der Waals surface area contributed by atoms with E-state index in [0.717, 1.165) is 0 Å². The summed E-state index contributed by atoms with van der Waals surface area (Å²) in [6, 6.07) is 1.60. The van der Waals surface area contributed by atoms with Gasteiger partial charge in [0.2, 0.25) is 5.95 Å². The Balaban J connectivity index is 2.48. The predicted molar refractivity (Wildman–Crippen MR) is 49.2 cm³/mol. The molecule has 0 unspecified atom stereocenters. The van der Waals surface area contributed by atoms with Crippen LogP contribution >= 0.6 is 0 Å². The van der Waals surface area contributed by atoms with Gasteiger partial charge in [0.05, 0.1) is 0 Å². The third kappa shape index (κ3) is 1.45. The molecule has 0 radical (unpaired) electrons. The van der Waals surface area contributed by atoms with Crippen molar-refractivity contribution in [2.24, 2.45) is 5.84 Å². The lowest BCUT2D eigenvalue weighted by atomic mass is 10.5. The van der Waals surface area contributed by atoms with Crippen LogP contribution in [0.2, 0.25) is 0 Å². The summed E-state index contributed by atoms with van der Waals surface area (Å²) in [6.07, 6.45) is 2.90. The Bertz CT molecular complexity index is 421. The van der Waals surface area contributed by atoms with Gasteiger partial charge in [-0.1, -0.05) is 0 Å². The SMILES string of the molecule is NNc1cc(-n2cncn2)nc(N)n1. The summed E-state index contributed by atoms with van der Waals surface area (Å²) in [4.78, 5) is 11.6. The largest absolute Gasteiger partial charge is 0.368 e. The van der Waals surface area contributed by atoms with Gasteiger partial charge in [-0.25, -0.2) is 15.5 Å². The van der Waals surface area contributed by atoms with Gasteiger partial charge in [-0.3, -0.25) is 0 Å². The number of hydrogen-bond acceptors (Lipinski definition) is 7. The van der Waals surface area contributed by atoms with Crippen LogP contribution in [0.4, 0.5) is 11.8 Å². The number of nitrogens with zero attached hydrogens (tertiary/aromatic N) is 5. The first-order chi connectivity index (χ1) is 6.79. The lowest BCUT2D eigenvalue weighted by Crippen LogP contribution is -2.12. The Labute approximate surface area is 79.0 Å². The summed E-state index contributed by atoms with van der Waals surface area (Å²) in [5.41, 5.74) is 7.84. The fourth-order valence-corrected chi connectivity index (χ4v) is 0.970. The second kappa shape index (κ2) is 3.26. The molecule has 0 fully saturated rings. The number of nitrogens with one attached hydrogen (secondary N) is 1.